The van der Waals surface area contributed by atoms with Gasteiger partial charge >= 0.3 is 0 Å². The van der Waals surface area contributed by atoms with Gasteiger partial charge in [0.2, 0.25) is 5.91 Å². The molecule has 0 bridgehead atoms. The summed E-state index contributed by atoms with van der Waals surface area (Å²) in [5, 5.41) is 16.0. The molecule has 4 rings (SSSR count). The van der Waals surface area contributed by atoms with E-state index in [-0.39, 0.29) is 18.0 Å². The van der Waals surface area contributed by atoms with E-state index >= 15 is 0 Å². The van der Waals surface area contributed by atoms with Gasteiger partial charge in [-0.05, 0) is 36.4 Å². The maximum Gasteiger partial charge on any atom is 0.266 e. The lowest BCUT2D eigenvalue weighted by Gasteiger charge is -2.07. The molecular formula is C26H20N4O2. The quantitative estimate of drug-likeness (QED) is 0.346. The lowest BCUT2D eigenvalue weighted by Crippen LogP contribution is -2.18. The first-order valence-electron chi connectivity index (χ1n) is 10.0. The predicted octanol–water partition coefficient (Wildman–Crippen LogP) is 4.83. The average molecular weight is 420 g/mol. The van der Waals surface area contributed by atoms with Crippen molar-refractivity contribution < 1.29 is 9.59 Å². The molecule has 0 saturated heterocycles. The van der Waals surface area contributed by atoms with Crippen molar-refractivity contribution in [2.24, 2.45) is 0 Å². The van der Waals surface area contributed by atoms with E-state index in [0.29, 0.717) is 11.3 Å². The van der Waals surface area contributed by atoms with Crippen molar-refractivity contribution in [2.75, 3.05) is 10.6 Å². The molecule has 0 atom stereocenters. The fraction of sp³-hybridized carbons (Fsp3) is 0.0385. The van der Waals surface area contributed by atoms with Gasteiger partial charge in [-0.25, -0.2) is 0 Å². The van der Waals surface area contributed by atoms with Crippen LogP contribution < -0.4 is 10.6 Å². The molecule has 2 N–H and O–H groups in total. The van der Waals surface area contributed by atoms with E-state index in [0.717, 1.165) is 16.6 Å². The fourth-order valence-electron chi connectivity index (χ4n) is 3.42. The zero-order valence-electron chi connectivity index (χ0n) is 17.2. The van der Waals surface area contributed by atoms with Crippen LogP contribution in [0.3, 0.4) is 0 Å². The Balaban J connectivity index is 1.61. The van der Waals surface area contributed by atoms with Crippen molar-refractivity contribution in [1.29, 1.82) is 5.26 Å². The molecule has 1 heterocycles. The van der Waals surface area contributed by atoms with Crippen LogP contribution in [0.1, 0.15) is 5.56 Å². The van der Waals surface area contributed by atoms with E-state index < -0.39 is 5.91 Å². The summed E-state index contributed by atoms with van der Waals surface area (Å²) in [7, 11) is 0. The molecule has 2 amide bonds. The number of nitrogens with zero attached hydrogens (tertiary/aromatic N) is 2. The van der Waals surface area contributed by atoms with Crippen LogP contribution in [-0.2, 0) is 16.1 Å². The van der Waals surface area contributed by atoms with Crippen LogP contribution in [0, 0.1) is 11.3 Å². The van der Waals surface area contributed by atoms with E-state index in [1.54, 1.807) is 36.5 Å². The Hall–Kier alpha value is -4.63. The molecule has 3 aromatic carbocycles. The lowest BCUT2D eigenvalue weighted by molar-refractivity contribution is -0.116. The van der Waals surface area contributed by atoms with Gasteiger partial charge < -0.3 is 15.2 Å². The summed E-state index contributed by atoms with van der Waals surface area (Å²) in [5.41, 5.74) is 2.83. The van der Waals surface area contributed by atoms with Crippen molar-refractivity contribution >= 4 is 40.2 Å². The summed E-state index contributed by atoms with van der Waals surface area (Å²) < 4.78 is 1.81. The van der Waals surface area contributed by atoms with Gasteiger partial charge in [0.15, 0.2) is 0 Å². The normalized spacial score (nSPS) is 11.0. The SMILES string of the molecule is N#C/C(=C/c1cn(CC(=O)Nc2ccccc2)c2ccccc12)C(=O)Nc1ccccc1. The average Bonchev–Trinajstić information content (AvgIpc) is 3.15. The minimum atomic E-state index is -0.489. The Morgan fingerprint density at radius 2 is 1.44 bits per heavy atom. The number of nitrogens with one attached hydrogen (secondary N) is 2. The molecule has 0 saturated carbocycles. The fourth-order valence-corrected chi connectivity index (χ4v) is 3.42. The zero-order chi connectivity index (χ0) is 22.3. The molecule has 0 fully saturated rings. The number of carbonyl (C=O) groups is 2. The van der Waals surface area contributed by atoms with Gasteiger partial charge in [-0.15, -0.1) is 0 Å². The van der Waals surface area contributed by atoms with E-state index in [9.17, 15) is 14.9 Å². The number of hydrogen-bond acceptors (Lipinski definition) is 3. The minimum Gasteiger partial charge on any atom is -0.337 e. The molecule has 156 valence electrons. The summed E-state index contributed by atoms with van der Waals surface area (Å²) in [6.07, 6.45) is 3.33. The molecule has 0 radical (unpaired) electrons. The number of amides is 2. The first kappa shape index (κ1) is 20.6. The number of fused-ring (bicyclic) bond motifs is 1. The van der Waals surface area contributed by atoms with Crippen molar-refractivity contribution in [1.82, 2.24) is 4.57 Å². The lowest BCUT2D eigenvalue weighted by atomic mass is 10.1. The van der Waals surface area contributed by atoms with E-state index in [1.165, 1.54) is 0 Å². The Morgan fingerprint density at radius 3 is 2.09 bits per heavy atom. The third kappa shape index (κ3) is 4.74. The third-order valence-electron chi connectivity index (χ3n) is 4.89. The highest BCUT2D eigenvalue weighted by atomic mass is 16.2. The van der Waals surface area contributed by atoms with Crippen molar-refractivity contribution in [2.45, 2.75) is 6.54 Å². The molecule has 0 unspecified atom stereocenters. The van der Waals surface area contributed by atoms with Crippen LogP contribution in [0.15, 0.2) is 96.7 Å². The van der Waals surface area contributed by atoms with Gasteiger partial charge in [-0.2, -0.15) is 5.26 Å². The molecule has 1 aromatic heterocycles. The largest absolute Gasteiger partial charge is 0.337 e. The topological polar surface area (TPSA) is 86.9 Å². The van der Waals surface area contributed by atoms with Crippen molar-refractivity contribution in [3.63, 3.8) is 0 Å². The summed E-state index contributed by atoms with van der Waals surface area (Å²) in [6, 6.07) is 27.7. The van der Waals surface area contributed by atoms with Gasteiger partial charge in [0.05, 0.1) is 0 Å². The smallest absolute Gasteiger partial charge is 0.266 e. The van der Waals surface area contributed by atoms with Crippen molar-refractivity contribution in [3.8, 4) is 6.07 Å². The Bertz CT molecular complexity index is 1330. The monoisotopic (exact) mass is 420 g/mol. The molecule has 0 aliphatic heterocycles. The number of nitriles is 1. The number of carbonyl (C=O) groups excluding carboxylic acids is 2. The molecule has 4 aromatic rings. The number of anilines is 2. The maximum absolute atomic E-state index is 12.6. The Morgan fingerprint density at radius 1 is 0.844 bits per heavy atom. The first-order valence-corrected chi connectivity index (χ1v) is 10.0. The van der Waals surface area contributed by atoms with Gasteiger partial charge in [0.1, 0.15) is 18.2 Å². The second-order valence-corrected chi connectivity index (χ2v) is 7.13. The van der Waals surface area contributed by atoms with Crippen LogP contribution >= 0.6 is 0 Å². The molecule has 0 aliphatic rings. The standard InChI is InChI=1S/C26H20N4O2/c27-16-19(26(32)29-22-11-5-2-6-12-22)15-20-17-30(24-14-8-7-13-23(20)24)18-25(31)28-21-9-3-1-4-10-21/h1-15,17H,18H2,(H,28,31)(H,29,32)/b19-15-. The predicted molar refractivity (Wildman–Crippen MR) is 126 cm³/mol. The molecule has 6 nitrogen and oxygen atoms in total. The molecule has 32 heavy (non-hydrogen) atoms. The van der Waals surface area contributed by atoms with Crippen LogP contribution in [0.25, 0.3) is 17.0 Å². The van der Waals surface area contributed by atoms with Crippen LogP contribution in [-0.4, -0.2) is 16.4 Å². The van der Waals surface area contributed by atoms with Gasteiger partial charge in [0.25, 0.3) is 5.91 Å². The van der Waals surface area contributed by atoms with Crippen LogP contribution in [0.2, 0.25) is 0 Å². The number of aromatic nitrogens is 1. The van der Waals surface area contributed by atoms with Gasteiger partial charge in [-0.1, -0.05) is 54.6 Å². The first-order chi connectivity index (χ1) is 15.6. The molecular weight excluding hydrogens is 400 g/mol. The zero-order valence-corrected chi connectivity index (χ0v) is 17.2. The number of rotatable bonds is 6. The molecule has 0 aliphatic carbocycles. The number of hydrogen-bond donors (Lipinski definition) is 2. The number of para-hydroxylation sites is 3. The van der Waals surface area contributed by atoms with E-state index in [4.69, 9.17) is 0 Å². The molecule has 0 spiro atoms. The second kappa shape index (κ2) is 9.45. The summed E-state index contributed by atoms with van der Waals surface area (Å²) >= 11 is 0. The highest BCUT2D eigenvalue weighted by Crippen LogP contribution is 2.24. The van der Waals surface area contributed by atoms with Crippen LogP contribution in [0.4, 0.5) is 11.4 Å². The van der Waals surface area contributed by atoms with Gasteiger partial charge in [0, 0.05) is 34.0 Å². The Kier molecular flexibility index (Phi) is 6.10. The highest BCUT2D eigenvalue weighted by molar-refractivity contribution is 6.10. The molecule has 6 heteroatoms. The van der Waals surface area contributed by atoms with Crippen LogP contribution in [0.5, 0.6) is 0 Å². The summed E-state index contributed by atoms with van der Waals surface area (Å²) in [6.45, 7) is 0.0986. The van der Waals surface area contributed by atoms with Gasteiger partial charge in [-0.3, -0.25) is 9.59 Å². The maximum atomic E-state index is 12.6. The summed E-state index contributed by atoms with van der Waals surface area (Å²) in [4.78, 5) is 25.2. The highest BCUT2D eigenvalue weighted by Gasteiger charge is 2.14. The van der Waals surface area contributed by atoms with E-state index in [1.807, 2.05) is 71.3 Å². The second-order valence-electron chi connectivity index (χ2n) is 7.13. The van der Waals surface area contributed by atoms with E-state index in [2.05, 4.69) is 10.6 Å². The third-order valence-corrected chi connectivity index (χ3v) is 4.89. The number of benzene rings is 3. The minimum absolute atomic E-state index is 0.0227. The summed E-state index contributed by atoms with van der Waals surface area (Å²) in [5.74, 6) is -0.660. The Labute approximate surface area is 185 Å². The van der Waals surface area contributed by atoms with Crippen molar-refractivity contribution in [3.05, 3.63) is 102 Å².